The normalized spacial score (nSPS) is 13.0. The number of rotatable bonds is 12. The number of fused-ring (bicyclic) bond motifs is 6. The molecule has 6 aliphatic heterocycles. The highest BCUT2D eigenvalue weighted by Crippen LogP contribution is 2.42. The molecular weight excluding hydrogens is 1650 g/mol. The predicted molar refractivity (Wildman–Crippen MR) is 530 cm³/mol. The molecule has 0 atom stereocenters. The third-order valence-corrected chi connectivity index (χ3v) is 24.8. The SMILES string of the molecule is [C-]#[N+]c1c(C)cc(Oc2cc(C)c3c(c2)COB3C)cc1C.[C-]#[N+]c1c(C)cc(Oc2cc3c(cc2C)B(C)OC3)cc1C.[C-]#[N+]c1c(C)cc(Oc2ccc3c(c2C)COB3O)cc1C.[C-]#[N+]c1cc(C)c(Oc2cc(C)c3c(c2)COB3C)cc1C.[C-]#[N+]c1cc(C)c(Oc2cc3c(cc2C)B(C)OC3)cc1C.[C-]#[N+]c1cc(C)c(Oc2ccc3c(c2C)COB3O)cc1C. The highest BCUT2D eigenvalue weighted by atomic mass is 16.5. The summed E-state index contributed by atoms with van der Waals surface area (Å²) in [6.07, 6.45) is 0. The number of benzene rings is 12. The number of ether oxygens (including phenoxy) is 6. The maximum Gasteiger partial charge on any atom is 0.491 e. The molecular formula is C106H104B6N6O14. The van der Waals surface area contributed by atoms with Crippen molar-refractivity contribution in [2.24, 2.45) is 0 Å². The monoisotopic (exact) mass is 1750 g/mol. The van der Waals surface area contributed by atoms with Gasteiger partial charge in [-0.1, -0.05) is 51.6 Å². The largest absolute Gasteiger partial charge is 0.491 e. The lowest BCUT2D eigenvalue weighted by Crippen LogP contribution is -2.28. The van der Waals surface area contributed by atoms with Crippen LogP contribution >= 0.6 is 0 Å². The molecule has 6 heterocycles. The van der Waals surface area contributed by atoms with Crippen LogP contribution in [-0.2, 0) is 67.6 Å². The van der Waals surface area contributed by atoms with E-state index >= 15 is 0 Å². The van der Waals surface area contributed by atoms with Crippen molar-refractivity contribution in [3.8, 4) is 69.0 Å². The van der Waals surface area contributed by atoms with E-state index in [1.54, 1.807) is 0 Å². The molecule has 0 saturated carbocycles. The zero-order valence-electron chi connectivity index (χ0n) is 79.0. The average Bonchev–Trinajstić information content (AvgIpc) is 1.64. The molecule has 0 spiro atoms. The van der Waals surface area contributed by atoms with Gasteiger partial charge in [-0.25, -0.2) is 29.1 Å². The molecule has 0 aromatic heterocycles. The van der Waals surface area contributed by atoms with Gasteiger partial charge < -0.3 is 66.4 Å². The molecule has 12 aromatic rings. The van der Waals surface area contributed by atoms with Gasteiger partial charge in [-0.2, -0.15) is 0 Å². The standard InChI is InChI=1S/4C18H18BNO2.2C17H16BNO3/c1-11-8-17(12(2)7-16(11)20-5)22-15-6-13(3)18-14(9-15)10-21-19(18)4;1-11-8-17(13(3)7-16(11)20-5)22-18-9-14-10-21-19(4)15(14)6-12(18)2;1-11-8-16-14(10-21-19(16)4)9-17(11)22-15-6-12(2)18(20-5)13(3)7-15;1-11-6-16(9-14-10-21-19(4)17(11)14)22-15-7-12(2)18(20-5)13(3)8-15;1-10-8-17(11(2)7-15(10)19-4)22-16-6-5-14-13(12(16)3)9-21-18(14)20;1-10-7-13(8-11(2)17(10)19-4)22-16-6-5-15-14(12(16)3)9-21-18(15)20/h4*6-9H,10H2,1-4H3;2*5-8,20H,9H2,1-3H3. The van der Waals surface area contributed by atoms with Crippen LogP contribution in [0.5, 0.6) is 69.0 Å². The van der Waals surface area contributed by atoms with Crippen molar-refractivity contribution in [3.63, 3.8) is 0 Å². The molecule has 0 bridgehead atoms. The number of nitrogens with zero attached hydrogens (tertiary/aromatic N) is 6. The van der Waals surface area contributed by atoms with Gasteiger partial charge in [0.2, 0.25) is 0 Å². The van der Waals surface area contributed by atoms with Crippen molar-refractivity contribution >= 4 is 109 Å². The lowest BCUT2D eigenvalue weighted by Gasteiger charge is -2.14. The minimum atomic E-state index is -0.843. The minimum absolute atomic E-state index is 0.157. The Balaban J connectivity index is 0.000000135. The molecule has 0 saturated heterocycles. The Morgan fingerprint density at radius 2 is 0.515 bits per heavy atom. The quantitative estimate of drug-likeness (QED) is 0.0872. The van der Waals surface area contributed by atoms with E-state index < -0.39 is 14.2 Å². The summed E-state index contributed by atoms with van der Waals surface area (Å²) in [7, 11) is -1.69. The van der Waals surface area contributed by atoms with Gasteiger partial charge in [0.05, 0.1) is 79.1 Å². The van der Waals surface area contributed by atoms with Crippen molar-refractivity contribution in [3.05, 3.63) is 348 Å². The van der Waals surface area contributed by atoms with Crippen molar-refractivity contribution in [1.29, 1.82) is 0 Å². The van der Waals surface area contributed by atoms with E-state index in [0.29, 0.717) is 79.5 Å². The van der Waals surface area contributed by atoms with E-state index in [9.17, 15) is 10.0 Å². The van der Waals surface area contributed by atoms with Gasteiger partial charge in [0.15, 0.2) is 34.1 Å². The molecule has 18 rings (SSSR count). The van der Waals surface area contributed by atoms with Crippen LogP contribution in [0.1, 0.15) is 134 Å². The molecule has 12 aromatic carbocycles. The zero-order valence-corrected chi connectivity index (χ0v) is 79.0. The maximum atomic E-state index is 9.73. The summed E-state index contributed by atoms with van der Waals surface area (Å²) in [6, 6.07) is 46.8. The lowest BCUT2D eigenvalue weighted by atomic mass is 9.62. The highest BCUT2D eigenvalue weighted by Gasteiger charge is 2.34. The van der Waals surface area contributed by atoms with Crippen LogP contribution in [-0.4, -0.2) is 51.9 Å². The summed E-state index contributed by atoms with van der Waals surface area (Å²) >= 11 is 0. The van der Waals surface area contributed by atoms with E-state index in [-0.39, 0.29) is 27.7 Å². The van der Waals surface area contributed by atoms with Crippen LogP contribution in [0.15, 0.2) is 146 Å². The number of hydrogen-bond acceptors (Lipinski definition) is 14. The fraction of sp³-hybridized carbons (Fsp3) is 0.264. The van der Waals surface area contributed by atoms with Crippen molar-refractivity contribution in [2.75, 3.05) is 0 Å². The third-order valence-electron chi connectivity index (χ3n) is 24.8. The zero-order chi connectivity index (χ0) is 95.1. The van der Waals surface area contributed by atoms with Gasteiger partial charge in [-0.15, -0.1) is 0 Å². The van der Waals surface area contributed by atoms with E-state index in [0.717, 1.165) is 174 Å². The summed E-state index contributed by atoms with van der Waals surface area (Å²) in [5, 5.41) is 19.5. The van der Waals surface area contributed by atoms with Crippen LogP contribution in [0.2, 0.25) is 27.3 Å². The van der Waals surface area contributed by atoms with Gasteiger partial charge in [0.25, 0.3) is 0 Å². The molecule has 0 fully saturated rings. The molecule has 0 amide bonds. The van der Waals surface area contributed by atoms with Crippen LogP contribution in [0, 0.1) is 164 Å². The summed E-state index contributed by atoms with van der Waals surface area (Å²) in [5.74, 6) is 9.45. The Hall–Kier alpha value is -13.6. The molecule has 6 aliphatic rings. The van der Waals surface area contributed by atoms with Gasteiger partial charge in [0, 0.05) is 0 Å². The Morgan fingerprint density at radius 3 is 0.871 bits per heavy atom. The fourth-order valence-corrected chi connectivity index (χ4v) is 17.4. The first-order chi connectivity index (χ1) is 63.0. The molecule has 0 aliphatic carbocycles. The molecule has 26 heteroatoms. The van der Waals surface area contributed by atoms with Gasteiger partial charge in [-0.3, -0.25) is 0 Å². The number of hydrogen-bond donors (Lipinski definition) is 2. The van der Waals surface area contributed by atoms with E-state index in [2.05, 4.69) is 126 Å². The maximum absolute atomic E-state index is 9.73. The van der Waals surface area contributed by atoms with E-state index in [1.807, 2.05) is 201 Å². The fourth-order valence-electron chi connectivity index (χ4n) is 17.4. The highest BCUT2D eigenvalue weighted by molar-refractivity contribution is 6.69. The second-order valence-electron chi connectivity index (χ2n) is 34.6. The van der Waals surface area contributed by atoms with Crippen LogP contribution in [0.3, 0.4) is 0 Å². The smallest absolute Gasteiger partial charge is 0.457 e. The van der Waals surface area contributed by atoms with Crippen LogP contribution in [0.25, 0.3) is 29.1 Å². The Kier molecular flexibility index (Phi) is 30.0. The molecule has 20 nitrogen and oxygen atoms in total. The molecule has 0 radical (unpaired) electrons. The summed E-state index contributed by atoms with van der Waals surface area (Å²) in [6.45, 7) is 90.9. The van der Waals surface area contributed by atoms with Crippen LogP contribution < -0.4 is 61.2 Å². The topological polar surface area (TPSA) is 177 Å². The molecule has 0 unspecified atom stereocenters. The predicted octanol–water partition coefficient (Wildman–Crippen LogP) is 23.6. The van der Waals surface area contributed by atoms with Gasteiger partial charge in [-0.05, 0) is 412 Å². The van der Waals surface area contributed by atoms with Crippen molar-refractivity contribution in [2.45, 2.75) is 192 Å². The Labute approximate surface area is 778 Å². The third kappa shape index (κ3) is 21.2. The molecule has 132 heavy (non-hydrogen) atoms. The molecule has 660 valence electrons. The first-order valence-corrected chi connectivity index (χ1v) is 43.8. The number of aryl methyl sites for hydroxylation is 16. The van der Waals surface area contributed by atoms with Gasteiger partial charge in [0.1, 0.15) is 69.0 Å². The van der Waals surface area contributed by atoms with Crippen LogP contribution in [0.4, 0.5) is 34.1 Å². The first-order valence-electron chi connectivity index (χ1n) is 43.8. The second-order valence-corrected chi connectivity index (χ2v) is 34.6. The van der Waals surface area contributed by atoms with Crippen molar-refractivity contribution in [1.82, 2.24) is 0 Å². The summed E-state index contributed by atoms with van der Waals surface area (Å²) in [5.41, 5.74) is 35.3. The van der Waals surface area contributed by atoms with Gasteiger partial charge >= 0.3 is 41.9 Å². The average molecular weight is 1750 g/mol. The summed E-state index contributed by atoms with van der Waals surface area (Å²) < 4.78 is 69.5. The first kappa shape index (κ1) is 96.0. The van der Waals surface area contributed by atoms with E-state index in [1.165, 1.54) is 55.2 Å². The lowest BCUT2D eigenvalue weighted by molar-refractivity contribution is 0.274. The second kappa shape index (κ2) is 41.3. The Bertz CT molecular complexity index is 6640. The Morgan fingerprint density at radius 1 is 0.242 bits per heavy atom. The summed E-state index contributed by atoms with van der Waals surface area (Å²) in [4.78, 5) is 21.2. The van der Waals surface area contributed by atoms with E-state index in [4.69, 9.17) is 95.8 Å². The van der Waals surface area contributed by atoms with Crippen molar-refractivity contribution < 1.29 is 66.4 Å². The molecule has 2 N–H and O–H groups in total. The minimum Gasteiger partial charge on any atom is -0.457 e.